The normalized spacial score (nSPS) is 10.7. The lowest BCUT2D eigenvalue weighted by Gasteiger charge is -2.06. The van der Waals surface area contributed by atoms with Crippen molar-refractivity contribution in [1.29, 1.82) is 0 Å². The SMILES string of the molecule is COc1ccc(NC(=O)COC(=O)/C=C/c2ccc3cc(OC)ccc3c2)cc1. The number of hydrogen-bond donors (Lipinski definition) is 1. The van der Waals surface area contributed by atoms with Gasteiger partial charge in [0.1, 0.15) is 11.5 Å². The van der Waals surface area contributed by atoms with Crippen LogP contribution in [0.4, 0.5) is 5.69 Å². The molecule has 0 aliphatic rings. The maximum atomic E-state index is 11.9. The number of benzene rings is 3. The predicted octanol–water partition coefficient (Wildman–Crippen LogP) is 4.05. The van der Waals surface area contributed by atoms with Crippen LogP contribution in [0.25, 0.3) is 16.8 Å². The lowest BCUT2D eigenvalue weighted by Crippen LogP contribution is -2.20. The molecule has 3 rings (SSSR count). The summed E-state index contributed by atoms with van der Waals surface area (Å²) in [6.07, 6.45) is 2.94. The number of nitrogens with one attached hydrogen (secondary N) is 1. The number of methoxy groups -OCH3 is 2. The molecular formula is C23H21NO5. The zero-order valence-electron chi connectivity index (χ0n) is 16.2. The van der Waals surface area contributed by atoms with E-state index < -0.39 is 11.9 Å². The van der Waals surface area contributed by atoms with E-state index in [0.29, 0.717) is 11.4 Å². The Morgan fingerprint density at radius 3 is 2.24 bits per heavy atom. The molecular weight excluding hydrogens is 370 g/mol. The van der Waals surface area contributed by atoms with E-state index in [1.165, 1.54) is 6.08 Å². The number of fused-ring (bicyclic) bond motifs is 1. The zero-order valence-corrected chi connectivity index (χ0v) is 16.2. The monoisotopic (exact) mass is 391 g/mol. The molecule has 0 bridgehead atoms. The Bertz CT molecular complexity index is 1040. The fourth-order valence-electron chi connectivity index (χ4n) is 2.69. The highest BCUT2D eigenvalue weighted by Gasteiger charge is 2.06. The molecule has 3 aromatic carbocycles. The molecule has 0 heterocycles. The van der Waals surface area contributed by atoms with Gasteiger partial charge in [-0.3, -0.25) is 4.79 Å². The Kier molecular flexibility index (Phi) is 6.47. The van der Waals surface area contributed by atoms with E-state index in [1.807, 2.05) is 36.4 Å². The van der Waals surface area contributed by atoms with Gasteiger partial charge in [0, 0.05) is 11.8 Å². The van der Waals surface area contributed by atoms with Crippen LogP contribution in [-0.4, -0.2) is 32.7 Å². The van der Waals surface area contributed by atoms with E-state index in [9.17, 15) is 9.59 Å². The lowest BCUT2D eigenvalue weighted by atomic mass is 10.1. The fraction of sp³-hybridized carbons (Fsp3) is 0.130. The number of carbonyl (C=O) groups excluding carboxylic acids is 2. The number of ether oxygens (including phenoxy) is 3. The van der Waals surface area contributed by atoms with Crippen molar-refractivity contribution in [2.75, 3.05) is 26.1 Å². The van der Waals surface area contributed by atoms with Gasteiger partial charge in [-0.25, -0.2) is 4.79 Å². The molecule has 0 aromatic heterocycles. The van der Waals surface area contributed by atoms with Crippen LogP contribution in [0.1, 0.15) is 5.56 Å². The Hall–Kier alpha value is -3.80. The smallest absolute Gasteiger partial charge is 0.331 e. The summed E-state index contributed by atoms with van der Waals surface area (Å²) < 4.78 is 15.2. The van der Waals surface area contributed by atoms with Gasteiger partial charge in [-0.05, 0) is 64.9 Å². The summed E-state index contributed by atoms with van der Waals surface area (Å²) in [6.45, 7) is -0.368. The second-order valence-electron chi connectivity index (χ2n) is 6.19. The number of amides is 1. The van der Waals surface area contributed by atoms with Crippen molar-refractivity contribution >= 4 is 34.4 Å². The summed E-state index contributed by atoms with van der Waals surface area (Å²) in [5, 5.41) is 4.71. The van der Waals surface area contributed by atoms with Gasteiger partial charge in [-0.2, -0.15) is 0 Å². The minimum atomic E-state index is -0.593. The van der Waals surface area contributed by atoms with Gasteiger partial charge in [0.05, 0.1) is 14.2 Å². The first-order valence-electron chi connectivity index (χ1n) is 8.94. The summed E-state index contributed by atoms with van der Waals surface area (Å²) in [4.78, 5) is 23.8. The van der Waals surface area contributed by atoms with Crippen molar-refractivity contribution in [2.24, 2.45) is 0 Å². The van der Waals surface area contributed by atoms with Gasteiger partial charge in [-0.1, -0.05) is 18.2 Å². The molecule has 0 spiro atoms. The summed E-state index contributed by atoms with van der Waals surface area (Å²) in [6, 6.07) is 18.4. The molecule has 6 nitrogen and oxygen atoms in total. The molecule has 0 saturated carbocycles. The van der Waals surface area contributed by atoms with Gasteiger partial charge in [0.25, 0.3) is 5.91 Å². The van der Waals surface area contributed by atoms with Crippen molar-refractivity contribution in [3.8, 4) is 11.5 Å². The molecule has 0 fully saturated rings. The average Bonchev–Trinajstić information content (AvgIpc) is 2.76. The molecule has 3 aromatic rings. The van der Waals surface area contributed by atoms with Crippen molar-refractivity contribution < 1.29 is 23.8 Å². The van der Waals surface area contributed by atoms with Crippen LogP contribution in [0.15, 0.2) is 66.7 Å². The Morgan fingerprint density at radius 2 is 1.52 bits per heavy atom. The third kappa shape index (κ3) is 5.59. The predicted molar refractivity (Wildman–Crippen MR) is 112 cm³/mol. The highest BCUT2D eigenvalue weighted by molar-refractivity contribution is 5.95. The number of carbonyl (C=O) groups is 2. The Balaban J connectivity index is 1.52. The zero-order chi connectivity index (χ0) is 20.6. The maximum Gasteiger partial charge on any atom is 0.331 e. The summed E-state index contributed by atoms with van der Waals surface area (Å²) >= 11 is 0. The van der Waals surface area contributed by atoms with E-state index in [1.54, 1.807) is 44.6 Å². The summed E-state index contributed by atoms with van der Waals surface area (Å²) in [5.41, 5.74) is 1.44. The highest BCUT2D eigenvalue weighted by atomic mass is 16.5. The molecule has 0 unspecified atom stereocenters. The molecule has 0 aliphatic carbocycles. The second kappa shape index (κ2) is 9.41. The summed E-state index contributed by atoms with van der Waals surface area (Å²) in [7, 11) is 3.19. The Morgan fingerprint density at radius 1 is 0.862 bits per heavy atom. The maximum absolute atomic E-state index is 11.9. The quantitative estimate of drug-likeness (QED) is 0.486. The molecule has 0 aliphatic heterocycles. The van der Waals surface area contributed by atoms with Crippen LogP contribution in [0.5, 0.6) is 11.5 Å². The van der Waals surface area contributed by atoms with Crippen LogP contribution in [-0.2, 0) is 14.3 Å². The number of esters is 1. The number of anilines is 1. The van der Waals surface area contributed by atoms with Crippen molar-refractivity contribution in [3.05, 3.63) is 72.3 Å². The lowest BCUT2D eigenvalue weighted by molar-refractivity contribution is -0.142. The van der Waals surface area contributed by atoms with Crippen LogP contribution < -0.4 is 14.8 Å². The van der Waals surface area contributed by atoms with E-state index in [4.69, 9.17) is 14.2 Å². The largest absolute Gasteiger partial charge is 0.497 e. The van der Waals surface area contributed by atoms with Crippen LogP contribution >= 0.6 is 0 Å². The van der Waals surface area contributed by atoms with Gasteiger partial charge in [-0.15, -0.1) is 0 Å². The van der Waals surface area contributed by atoms with Gasteiger partial charge in [0.15, 0.2) is 6.61 Å². The molecule has 0 atom stereocenters. The fourth-order valence-corrected chi connectivity index (χ4v) is 2.69. The third-order valence-electron chi connectivity index (χ3n) is 4.20. The molecule has 29 heavy (non-hydrogen) atoms. The standard InChI is InChI=1S/C23H21NO5/c1-27-20-10-7-19(8-11-20)24-22(25)15-29-23(26)12-4-16-3-5-18-14-21(28-2)9-6-17(18)13-16/h3-14H,15H2,1-2H3,(H,24,25)/b12-4+. The molecule has 1 amide bonds. The first-order valence-corrected chi connectivity index (χ1v) is 8.94. The summed E-state index contributed by atoms with van der Waals surface area (Å²) in [5.74, 6) is 0.464. The van der Waals surface area contributed by atoms with E-state index >= 15 is 0 Å². The average molecular weight is 391 g/mol. The van der Waals surface area contributed by atoms with Gasteiger partial charge in [0.2, 0.25) is 0 Å². The molecule has 148 valence electrons. The van der Waals surface area contributed by atoms with Crippen LogP contribution in [0, 0.1) is 0 Å². The minimum Gasteiger partial charge on any atom is -0.497 e. The van der Waals surface area contributed by atoms with Crippen LogP contribution in [0.3, 0.4) is 0 Å². The second-order valence-corrected chi connectivity index (χ2v) is 6.19. The van der Waals surface area contributed by atoms with E-state index in [0.717, 1.165) is 22.1 Å². The Labute approximate surface area is 168 Å². The third-order valence-corrected chi connectivity index (χ3v) is 4.20. The van der Waals surface area contributed by atoms with E-state index in [-0.39, 0.29) is 6.61 Å². The first kappa shape index (κ1) is 19.9. The van der Waals surface area contributed by atoms with Crippen molar-refractivity contribution in [1.82, 2.24) is 0 Å². The topological polar surface area (TPSA) is 73.9 Å². The van der Waals surface area contributed by atoms with Crippen LogP contribution in [0.2, 0.25) is 0 Å². The highest BCUT2D eigenvalue weighted by Crippen LogP contribution is 2.22. The number of hydrogen-bond acceptors (Lipinski definition) is 5. The molecule has 0 saturated heterocycles. The molecule has 0 radical (unpaired) electrons. The van der Waals surface area contributed by atoms with Crippen molar-refractivity contribution in [3.63, 3.8) is 0 Å². The van der Waals surface area contributed by atoms with Gasteiger partial charge < -0.3 is 19.5 Å². The minimum absolute atomic E-state index is 0.368. The van der Waals surface area contributed by atoms with Crippen molar-refractivity contribution in [2.45, 2.75) is 0 Å². The van der Waals surface area contributed by atoms with E-state index in [2.05, 4.69) is 5.32 Å². The molecule has 6 heteroatoms. The number of rotatable bonds is 7. The van der Waals surface area contributed by atoms with Gasteiger partial charge >= 0.3 is 5.97 Å². The first-order chi connectivity index (χ1) is 14.1. The molecule has 1 N–H and O–H groups in total.